The molecule has 0 aromatic carbocycles. The average molecular weight is 196 g/mol. The summed E-state index contributed by atoms with van der Waals surface area (Å²) in [7, 11) is 1.60. The van der Waals surface area contributed by atoms with E-state index in [1.54, 1.807) is 11.9 Å². The SMILES string of the molecule is CN=CC(C=N)C(=O)N1CCC(N)C1. The number of amides is 1. The maximum atomic E-state index is 11.7. The first-order chi connectivity index (χ1) is 6.69. The van der Waals surface area contributed by atoms with Gasteiger partial charge in [0.05, 0.1) is 0 Å². The normalized spacial score (nSPS) is 24.1. The van der Waals surface area contributed by atoms with Crippen LogP contribution in [0.3, 0.4) is 0 Å². The van der Waals surface area contributed by atoms with Gasteiger partial charge in [0.2, 0.25) is 5.91 Å². The predicted octanol–water partition coefficient (Wildman–Crippen LogP) is -0.488. The van der Waals surface area contributed by atoms with Crippen molar-refractivity contribution >= 4 is 18.3 Å². The molecule has 0 saturated carbocycles. The Kier molecular flexibility index (Phi) is 3.76. The minimum Gasteiger partial charge on any atom is -0.340 e. The van der Waals surface area contributed by atoms with Crippen molar-refractivity contribution in [2.24, 2.45) is 16.6 Å². The van der Waals surface area contributed by atoms with Crippen LogP contribution in [0.2, 0.25) is 0 Å². The van der Waals surface area contributed by atoms with Crippen LogP contribution >= 0.6 is 0 Å². The van der Waals surface area contributed by atoms with Gasteiger partial charge in [0, 0.05) is 38.6 Å². The first-order valence-corrected chi connectivity index (χ1v) is 4.66. The van der Waals surface area contributed by atoms with E-state index in [0.717, 1.165) is 12.6 Å². The molecule has 78 valence electrons. The number of rotatable bonds is 3. The Balaban J connectivity index is 2.59. The van der Waals surface area contributed by atoms with Crippen LogP contribution in [0.5, 0.6) is 0 Å². The van der Waals surface area contributed by atoms with E-state index < -0.39 is 5.92 Å². The van der Waals surface area contributed by atoms with E-state index in [4.69, 9.17) is 11.1 Å². The van der Waals surface area contributed by atoms with Crippen LogP contribution in [-0.2, 0) is 4.79 Å². The molecule has 1 fully saturated rings. The van der Waals surface area contributed by atoms with Crippen LogP contribution in [0, 0.1) is 11.3 Å². The second kappa shape index (κ2) is 4.85. The van der Waals surface area contributed by atoms with Crippen LogP contribution in [0.4, 0.5) is 0 Å². The third kappa shape index (κ3) is 2.38. The van der Waals surface area contributed by atoms with Crippen molar-refractivity contribution in [1.82, 2.24) is 4.90 Å². The van der Waals surface area contributed by atoms with E-state index in [-0.39, 0.29) is 11.9 Å². The van der Waals surface area contributed by atoms with E-state index in [2.05, 4.69) is 4.99 Å². The lowest BCUT2D eigenvalue weighted by Crippen LogP contribution is -2.37. The Morgan fingerprint density at radius 3 is 2.93 bits per heavy atom. The Morgan fingerprint density at radius 1 is 1.79 bits per heavy atom. The Hall–Kier alpha value is -1.23. The number of nitrogens with zero attached hydrogens (tertiary/aromatic N) is 2. The van der Waals surface area contributed by atoms with Crippen LogP contribution < -0.4 is 5.73 Å². The van der Waals surface area contributed by atoms with Gasteiger partial charge < -0.3 is 16.0 Å². The lowest BCUT2D eigenvalue weighted by atomic mass is 10.1. The van der Waals surface area contributed by atoms with Gasteiger partial charge in [-0.2, -0.15) is 0 Å². The highest BCUT2D eigenvalue weighted by Crippen LogP contribution is 2.09. The van der Waals surface area contributed by atoms with Gasteiger partial charge in [-0.05, 0) is 6.42 Å². The van der Waals surface area contributed by atoms with Crippen LogP contribution in [-0.4, -0.2) is 49.4 Å². The molecule has 1 heterocycles. The second-order valence-electron chi connectivity index (χ2n) is 3.43. The minimum absolute atomic E-state index is 0.0708. The van der Waals surface area contributed by atoms with Gasteiger partial charge in [-0.3, -0.25) is 9.79 Å². The molecule has 0 radical (unpaired) electrons. The predicted molar refractivity (Wildman–Crippen MR) is 55.9 cm³/mol. The Labute approximate surface area is 83.5 Å². The topological polar surface area (TPSA) is 82.5 Å². The van der Waals surface area contributed by atoms with Crippen molar-refractivity contribution in [3.63, 3.8) is 0 Å². The van der Waals surface area contributed by atoms with Crippen molar-refractivity contribution in [2.75, 3.05) is 20.1 Å². The third-order valence-electron chi connectivity index (χ3n) is 2.31. The second-order valence-corrected chi connectivity index (χ2v) is 3.43. The number of carbonyl (C=O) groups excluding carboxylic acids is 1. The van der Waals surface area contributed by atoms with E-state index in [1.165, 1.54) is 6.21 Å². The fourth-order valence-corrected chi connectivity index (χ4v) is 1.54. The van der Waals surface area contributed by atoms with Gasteiger partial charge in [-0.1, -0.05) is 0 Å². The molecule has 1 rings (SSSR count). The number of aliphatic imine (C=N–C) groups is 1. The summed E-state index contributed by atoms with van der Waals surface area (Å²) in [6, 6.07) is 0.0869. The lowest BCUT2D eigenvalue weighted by molar-refractivity contribution is -0.130. The summed E-state index contributed by atoms with van der Waals surface area (Å²) in [4.78, 5) is 17.2. The highest BCUT2D eigenvalue weighted by molar-refractivity contribution is 6.06. The monoisotopic (exact) mass is 196 g/mol. The molecular formula is C9H16N4O. The maximum absolute atomic E-state index is 11.7. The van der Waals surface area contributed by atoms with Gasteiger partial charge in [-0.15, -0.1) is 0 Å². The fraction of sp³-hybridized carbons (Fsp3) is 0.667. The summed E-state index contributed by atoms with van der Waals surface area (Å²) in [6.45, 7) is 1.29. The molecule has 3 N–H and O–H groups in total. The van der Waals surface area contributed by atoms with Gasteiger partial charge in [0.15, 0.2) is 0 Å². The molecule has 5 heteroatoms. The molecule has 1 saturated heterocycles. The molecule has 1 aliphatic heterocycles. The van der Waals surface area contributed by atoms with E-state index in [9.17, 15) is 4.79 Å². The van der Waals surface area contributed by atoms with Crippen LogP contribution in [0.15, 0.2) is 4.99 Å². The van der Waals surface area contributed by atoms with Crippen molar-refractivity contribution < 1.29 is 4.79 Å². The number of hydrogen-bond donors (Lipinski definition) is 2. The molecule has 1 aliphatic rings. The Bertz CT molecular complexity index is 251. The third-order valence-corrected chi connectivity index (χ3v) is 2.31. The van der Waals surface area contributed by atoms with E-state index in [1.807, 2.05) is 0 Å². The number of nitrogens with two attached hydrogens (primary N) is 1. The molecule has 2 atom stereocenters. The zero-order valence-electron chi connectivity index (χ0n) is 8.31. The number of carbonyl (C=O) groups is 1. The van der Waals surface area contributed by atoms with Crippen LogP contribution in [0.25, 0.3) is 0 Å². The van der Waals surface area contributed by atoms with Crippen LogP contribution in [0.1, 0.15) is 6.42 Å². The van der Waals surface area contributed by atoms with Crippen molar-refractivity contribution in [3.05, 3.63) is 0 Å². The van der Waals surface area contributed by atoms with E-state index >= 15 is 0 Å². The van der Waals surface area contributed by atoms with Gasteiger partial charge in [0.25, 0.3) is 0 Å². The molecule has 0 bridgehead atoms. The first-order valence-electron chi connectivity index (χ1n) is 4.66. The van der Waals surface area contributed by atoms with Crippen molar-refractivity contribution in [1.29, 1.82) is 5.41 Å². The maximum Gasteiger partial charge on any atom is 0.236 e. The summed E-state index contributed by atoms with van der Waals surface area (Å²) in [5.74, 6) is -0.594. The summed E-state index contributed by atoms with van der Waals surface area (Å²) >= 11 is 0. The van der Waals surface area contributed by atoms with Crippen molar-refractivity contribution in [3.8, 4) is 0 Å². The van der Waals surface area contributed by atoms with Gasteiger partial charge in [0.1, 0.15) is 5.92 Å². The molecule has 0 spiro atoms. The summed E-state index contributed by atoms with van der Waals surface area (Å²) in [6.07, 6.45) is 3.44. The highest BCUT2D eigenvalue weighted by Gasteiger charge is 2.27. The zero-order valence-corrected chi connectivity index (χ0v) is 8.31. The molecular weight excluding hydrogens is 180 g/mol. The molecule has 14 heavy (non-hydrogen) atoms. The first kappa shape index (κ1) is 10.8. The average Bonchev–Trinajstić information content (AvgIpc) is 2.60. The summed E-state index contributed by atoms with van der Waals surface area (Å²) in [5.41, 5.74) is 5.69. The van der Waals surface area contributed by atoms with Gasteiger partial charge in [-0.25, -0.2) is 0 Å². The largest absolute Gasteiger partial charge is 0.340 e. The van der Waals surface area contributed by atoms with E-state index in [0.29, 0.717) is 13.1 Å². The highest BCUT2D eigenvalue weighted by atomic mass is 16.2. The molecule has 5 nitrogen and oxygen atoms in total. The molecule has 0 aromatic heterocycles. The standard InChI is InChI=1S/C9H16N4O/c1-12-5-7(4-10)9(14)13-3-2-8(11)6-13/h4-5,7-8,10H,2-3,6,11H2,1H3. The lowest BCUT2D eigenvalue weighted by Gasteiger charge is -2.17. The summed E-state index contributed by atoms with van der Waals surface area (Å²) < 4.78 is 0. The van der Waals surface area contributed by atoms with Gasteiger partial charge >= 0.3 is 0 Å². The Morgan fingerprint density at radius 2 is 2.50 bits per heavy atom. The minimum atomic E-state index is -0.523. The number of nitrogens with one attached hydrogen (secondary N) is 1. The smallest absolute Gasteiger partial charge is 0.236 e. The summed E-state index contributed by atoms with van der Waals surface area (Å²) in [5, 5.41) is 7.11. The molecule has 1 amide bonds. The molecule has 0 aromatic rings. The zero-order chi connectivity index (χ0) is 10.6. The fourth-order valence-electron chi connectivity index (χ4n) is 1.54. The quantitative estimate of drug-likeness (QED) is 0.597. The van der Waals surface area contributed by atoms with Crippen molar-refractivity contribution in [2.45, 2.75) is 12.5 Å². The molecule has 0 aliphatic carbocycles. The number of hydrogen-bond acceptors (Lipinski definition) is 4. The number of likely N-dealkylation sites (tertiary alicyclic amines) is 1. The molecule has 2 unspecified atom stereocenters.